The highest BCUT2D eigenvalue weighted by Crippen LogP contribution is 2.57. The number of nitrogens with zero attached hydrogens (tertiary/aromatic N) is 2. The fourth-order valence-electron chi connectivity index (χ4n) is 5.97. The van der Waals surface area contributed by atoms with E-state index in [1.165, 1.54) is 70.9 Å². The van der Waals surface area contributed by atoms with Gasteiger partial charge in [-0.3, -0.25) is 4.99 Å². The predicted octanol–water partition coefficient (Wildman–Crippen LogP) is 3.91. The summed E-state index contributed by atoms with van der Waals surface area (Å²) in [6.45, 7) is 8.44. The van der Waals surface area contributed by atoms with Crippen molar-refractivity contribution in [3.05, 3.63) is 0 Å². The van der Waals surface area contributed by atoms with Gasteiger partial charge in [0.25, 0.3) is 0 Å². The number of hydrogen-bond donors (Lipinski definition) is 2. The van der Waals surface area contributed by atoms with Gasteiger partial charge in [-0.05, 0) is 58.8 Å². The second-order valence-corrected chi connectivity index (χ2v) is 9.18. The zero-order valence-electron chi connectivity index (χ0n) is 17.9. The van der Waals surface area contributed by atoms with Gasteiger partial charge in [0.1, 0.15) is 0 Å². The van der Waals surface area contributed by atoms with Crippen LogP contribution in [0.2, 0.25) is 0 Å². The molecule has 2 N–H and O–H groups in total. The first-order valence-corrected chi connectivity index (χ1v) is 11.7. The molecule has 0 radical (unpaired) electrons. The van der Waals surface area contributed by atoms with Gasteiger partial charge in [0.15, 0.2) is 5.96 Å². The van der Waals surface area contributed by atoms with Crippen LogP contribution in [0.4, 0.5) is 0 Å². The van der Waals surface area contributed by atoms with Crippen LogP contribution in [-0.4, -0.2) is 61.3 Å². The number of hydrogen-bond acceptors (Lipinski definition) is 3. The molecule has 1 spiro atoms. The molecule has 4 rings (SSSR count). The van der Waals surface area contributed by atoms with Crippen molar-refractivity contribution in [1.29, 1.82) is 0 Å². The molecule has 0 aromatic carbocycles. The van der Waals surface area contributed by atoms with Crippen molar-refractivity contribution in [2.75, 3.05) is 26.2 Å². The van der Waals surface area contributed by atoms with Crippen LogP contribution in [0.5, 0.6) is 0 Å². The predicted molar refractivity (Wildman–Crippen MR) is 127 cm³/mol. The smallest absolute Gasteiger partial charge is 0.191 e. The van der Waals surface area contributed by atoms with Crippen LogP contribution in [0.1, 0.15) is 78.1 Å². The zero-order chi connectivity index (χ0) is 18.7. The summed E-state index contributed by atoms with van der Waals surface area (Å²) in [5, 5.41) is 7.57. The zero-order valence-corrected chi connectivity index (χ0v) is 20.3. The summed E-state index contributed by atoms with van der Waals surface area (Å²) in [7, 11) is 0. The highest BCUT2D eigenvalue weighted by Gasteiger charge is 2.59. The highest BCUT2D eigenvalue weighted by atomic mass is 127. The van der Waals surface area contributed by atoms with E-state index in [1.807, 2.05) is 0 Å². The Morgan fingerprint density at radius 2 is 1.75 bits per heavy atom. The van der Waals surface area contributed by atoms with Gasteiger partial charge in [0.2, 0.25) is 0 Å². The number of nitrogens with one attached hydrogen (secondary N) is 2. The Kier molecular flexibility index (Phi) is 8.31. The van der Waals surface area contributed by atoms with Gasteiger partial charge < -0.3 is 20.3 Å². The molecule has 2 atom stereocenters. The van der Waals surface area contributed by atoms with Gasteiger partial charge in [0.05, 0.1) is 6.10 Å². The Morgan fingerprint density at radius 3 is 2.32 bits per heavy atom. The molecular formula is C22H41IN4O. The van der Waals surface area contributed by atoms with Gasteiger partial charge in [-0.15, -0.1) is 24.0 Å². The third kappa shape index (κ3) is 4.64. The molecule has 1 aliphatic heterocycles. The first-order chi connectivity index (χ1) is 13.2. The van der Waals surface area contributed by atoms with Crippen LogP contribution >= 0.6 is 24.0 Å². The number of ether oxygens (including phenoxy) is 1. The summed E-state index contributed by atoms with van der Waals surface area (Å²) >= 11 is 0. The molecule has 3 saturated carbocycles. The molecule has 4 fully saturated rings. The molecular weight excluding hydrogens is 463 g/mol. The van der Waals surface area contributed by atoms with E-state index in [1.54, 1.807) is 0 Å². The van der Waals surface area contributed by atoms with E-state index in [0.29, 0.717) is 23.6 Å². The Morgan fingerprint density at radius 1 is 1.04 bits per heavy atom. The van der Waals surface area contributed by atoms with Gasteiger partial charge in [-0.2, -0.15) is 0 Å². The van der Waals surface area contributed by atoms with Crippen LogP contribution in [0, 0.1) is 5.41 Å². The molecule has 162 valence electrons. The lowest BCUT2D eigenvalue weighted by atomic mass is 9.51. The molecule has 5 nitrogen and oxygen atoms in total. The van der Waals surface area contributed by atoms with E-state index in [0.717, 1.165) is 31.6 Å². The summed E-state index contributed by atoms with van der Waals surface area (Å²) in [6.07, 6.45) is 13.8. The SMILES string of the molecule is CCN=C(NC1CCN(C2CCCC2)CC1)NC1CC(OCC)C12CCC2.I. The monoisotopic (exact) mass is 504 g/mol. The number of halogens is 1. The van der Waals surface area contributed by atoms with Crippen molar-refractivity contribution in [1.82, 2.24) is 15.5 Å². The van der Waals surface area contributed by atoms with E-state index >= 15 is 0 Å². The van der Waals surface area contributed by atoms with Crippen molar-refractivity contribution < 1.29 is 4.74 Å². The standard InChI is InChI=1S/C22H40N4O.HI/c1-3-23-21(25-19-16-20(27-4-2)22(19)12-7-13-22)24-17-10-14-26(15-11-17)18-8-5-6-9-18;/h17-20H,3-16H2,1-2H3,(H2,23,24,25);1H. The molecule has 2 unspecified atom stereocenters. The van der Waals surface area contributed by atoms with Gasteiger partial charge in [-0.1, -0.05) is 19.3 Å². The third-order valence-corrected chi connectivity index (χ3v) is 7.78. The molecule has 4 aliphatic rings. The van der Waals surface area contributed by atoms with Gasteiger partial charge >= 0.3 is 0 Å². The summed E-state index contributed by atoms with van der Waals surface area (Å²) in [5.41, 5.74) is 0.387. The lowest BCUT2D eigenvalue weighted by Gasteiger charge is -2.61. The average Bonchev–Trinajstić information content (AvgIpc) is 3.15. The summed E-state index contributed by atoms with van der Waals surface area (Å²) in [4.78, 5) is 7.52. The maximum absolute atomic E-state index is 6.01. The van der Waals surface area contributed by atoms with Crippen molar-refractivity contribution in [3.63, 3.8) is 0 Å². The highest BCUT2D eigenvalue weighted by molar-refractivity contribution is 14.0. The van der Waals surface area contributed by atoms with Gasteiger partial charge in [0, 0.05) is 49.8 Å². The summed E-state index contributed by atoms with van der Waals surface area (Å²) in [6, 6.07) is 1.98. The van der Waals surface area contributed by atoms with E-state index in [9.17, 15) is 0 Å². The fourth-order valence-corrected chi connectivity index (χ4v) is 5.97. The molecule has 1 heterocycles. The van der Waals surface area contributed by atoms with E-state index in [2.05, 4.69) is 29.4 Å². The van der Waals surface area contributed by atoms with Crippen LogP contribution in [0.25, 0.3) is 0 Å². The Bertz CT molecular complexity index is 511. The first-order valence-electron chi connectivity index (χ1n) is 11.7. The van der Waals surface area contributed by atoms with Crippen LogP contribution in [0.3, 0.4) is 0 Å². The Labute approximate surface area is 188 Å². The van der Waals surface area contributed by atoms with E-state index in [-0.39, 0.29) is 24.0 Å². The fraction of sp³-hybridized carbons (Fsp3) is 0.955. The van der Waals surface area contributed by atoms with Crippen molar-refractivity contribution in [2.24, 2.45) is 10.4 Å². The third-order valence-electron chi connectivity index (χ3n) is 7.78. The molecule has 28 heavy (non-hydrogen) atoms. The number of aliphatic imine (C=N–C) groups is 1. The van der Waals surface area contributed by atoms with Crippen LogP contribution < -0.4 is 10.6 Å². The number of likely N-dealkylation sites (tertiary alicyclic amines) is 1. The van der Waals surface area contributed by atoms with Crippen molar-refractivity contribution in [3.8, 4) is 0 Å². The normalized spacial score (nSPS) is 31.1. The minimum atomic E-state index is 0. The van der Waals surface area contributed by atoms with Crippen LogP contribution in [0.15, 0.2) is 4.99 Å². The topological polar surface area (TPSA) is 48.9 Å². The second kappa shape index (κ2) is 10.3. The number of guanidine groups is 1. The lowest BCUT2D eigenvalue weighted by molar-refractivity contribution is -0.168. The van der Waals surface area contributed by atoms with Gasteiger partial charge in [-0.25, -0.2) is 0 Å². The second-order valence-electron chi connectivity index (χ2n) is 9.18. The molecule has 1 saturated heterocycles. The Hall–Kier alpha value is -0.0800. The van der Waals surface area contributed by atoms with Crippen molar-refractivity contribution in [2.45, 2.75) is 102 Å². The largest absolute Gasteiger partial charge is 0.378 e. The maximum atomic E-state index is 6.01. The van der Waals surface area contributed by atoms with E-state index in [4.69, 9.17) is 9.73 Å². The molecule has 3 aliphatic carbocycles. The minimum Gasteiger partial charge on any atom is -0.378 e. The molecule has 0 amide bonds. The first kappa shape index (κ1) is 22.6. The number of piperidine rings is 1. The number of rotatable bonds is 6. The quantitative estimate of drug-likeness (QED) is 0.327. The molecule has 0 aromatic rings. The van der Waals surface area contributed by atoms with Crippen molar-refractivity contribution >= 4 is 29.9 Å². The minimum absolute atomic E-state index is 0. The molecule has 0 aromatic heterocycles. The lowest BCUT2D eigenvalue weighted by Crippen LogP contribution is -2.69. The van der Waals surface area contributed by atoms with E-state index < -0.39 is 0 Å². The van der Waals surface area contributed by atoms with Crippen LogP contribution in [-0.2, 0) is 4.74 Å². The molecule has 0 bridgehead atoms. The average molecular weight is 505 g/mol. The maximum Gasteiger partial charge on any atom is 0.191 e. The Balaban J connectivity index is 0.00000225. The molecule has 6 heteroatoms. The summed E-state index contributed by atoms with van der Waals surface area (Å²) < 4.78 is 6.01. The summed E-state index contributed by atoms with van der Waals surface area (Å²) in [5.74, 6) is 1.04.